The fraction of sp³-hybridized carbons (Fsp3) is 0.440. The van der Waals surface area contributed by atoms with Crippen molar-refractivity contribution in [3.05, 3.63) is 71.6 Å². The Kier molecular flexibility index (Phi) is 6.92. The van der Waals surface area contributed by atoms with Crippen LogP contribution in [0.1, 0.15) is 29.9 Å². The molecule has 3 aromatic rings. The predicted octanol–water partition coefficient (Wildman–Crippen LogP) is 4.43. The molecule has 1 aliphatic rings. The Morgan fingerprint density at radius 2 is 1.90 bits per heavy atom. The van der Waals surface area contributed by atoms with E-state index in [1.807, 2.05) is 30.3 Å². The summed E-state index contributed by atoms with van der Waals surface area (Å²) in [4.78, 5) is 9.52. The molecule has 1 atom stereocenters. The highest BCUT2D eigenvalue weighted by molar-refractivity contribution is 5.53. The van der Waals surface area contributed by atoms with E-state index in [0.717, 1.165) is 25.1 Å². The lowest BCUT2D eigenvalue weighted by atomic mass is 9.96. The Bertz CT molecular complexity index is 924. The highest BCUT2D eigenvalue weighted by Crippen LogP contribution is 2.20. The molecule has 4 rings (SSSR count). The van der Waals surface area contributed by atoms with Crippen LogP contribution in [0.25, 0.3) is 11.4 Å². The molecule has 0 aliphatic carbocycles. The van der Waals surface area contributed by atoms with Gasteiger partial charge in [-0.25, -0.2) is 0 Å². The molecular formula is C25H32N4O. The van der Waals surface area contributed by atoms with Crippen LogP contribution in [0.3, 0.4) is 0 Å². The molecule has 1 saturated heterocycles. The van der Waals surface area contributed by atoms with Crippen LogP contribution < -0.4 is 0 Å². The van der Waals surface area contributed by atoms with Crippen molar-refractivity contribution in [2.75, 3.05) is 33.2 Å². The van der Waals surface area contributed by atoms with Crippen molar-refractivity contribution in [3.63, 3.8) is 0 Å². The maximum atomic E-state index is 5.49. The van der Waals surface area contributed by atoms with Crippen molar-refractivity contribution < 1.29 is 4.52 Å². The Morgan fingerprint density at radius 1 is 1.10 bits per heavy atom. The van der Waals surface area contributed by atoms with Crippen molar-refractivity contribution >= 4 is 0 Å². The minimum atomic E-state index is 0.666. The number of benzene rings is 2. The molecule has 2 aromatic carbocycles. The van der Waals surface area contributed by atoms with Crippen molar-refractivity contribution in [3.8, 4) is 11.4 Å². The lowest BCUT2D eigenvalue weighted by Gasteiger charge is -2.34. The zero-order valence-corrected chi connectivity index (χ0v) is 18.1. The molecule has 1 aliphatic heterocycles. The summed E-state index contributed by atoms with van der Waals surface area (Å²) in [5, 5.41) is 4.14. The highest BCUT2D eigenvalue weighted by Gasteiger charge is 2.22. The van der Waals surface area contributed by atoms with Gasteiger partial charge in [0.1, 0.15) is 0 Å². The van der Waals surface area contributed by atoms with Gasteiger partial charge in [0, 0.05) is 25.2 Å². The van der Waals surface area contributed by atoms with Gasteiger partial charge in [-0.05, 0) is 56.8 Å². The molecule has 2 heterocycles. The zero-order valence-electron chi connectivity index (χ0n) is 18.1. The SMILES string of the molecule is Cc1ccccc1CCN1CCCC(CN(C)Cc2nc(-c3ccccc3)no2)C1. The smallest absolute Gasteiger partial charge is 0.241 e. The zero-order chi connectivity index (χ0) is 20.8. The van der Waals surface area contributed by atoms with Crippen molar-refractivity contribution in [1.29, 1.82) is 0 Å². The monoisotopic (exact) mass is 404 g/mol. The van der Waals surface area contributed by atoms with Crippen molar-refractivity contribution in [1.82, 2.24) is 19.9 Å². The second kappa shape index (κ2) is 10.0. The average Bonchev–Trinajstić information content (AvgIpc) is 3.22. The first-order valence-corrected chi connectivity index (χ1v) is 11.0. The van der Waals surface area contributed by atoms with E-state index in [0.29, 0.717) is 24.2 Å². The molecule has 0 saturated carbocycles. The van der Waals surface area contributed by atoms with Crippen LogP contribution in [0.4, 0.5) is 0 Å². The second-order valence-corrected chi connectivity index (χ2v) is 8.56. The van der Waals surface area contributed by atoms with Gasteiger partial charge >= 0.3 is 0 Å². The Labute approximate surface area is 179 Å². The van der Waals surface area contributed by atoms with Crippen LogP contribution in [-0.4, -0.2) is 53.2 Å². The largest absolute Gasteiger partial charge is 0.338 e. The lowest BCUT2D eigenvalue weighted by molar-refractivity contribution is 0.137. The molecule has 0 amide bonds. The van der Waals surface area contributed by atoms with E-state index in [-0.39, 0.29) is 0 Å². The maximum absolute atomic E-state index is 5.49. The third-order valence-corrected chi connectivity index (χ3v) is 6.04. The third kappa shape index (κ3) is 5.55. The number of nitrogens with zero attached hydrogens (tertiary/aromatic N) is 4. The molecule has 1 aromatic heterocycles. The summed E-state index contributed by atoms with van der Waals surface area (Å²) in [6, 6.07) is 18.7. The third-order valence-electron chi connectivity index (χ3n) is 6.04. The fourth-order valence-electron chi connectivity index (χ4n) is 4.43. The minimum absolute atomic E-state index is 0.666. The molecule has 5 nitrogen and oxygen atoms in total. The standard InChI is InChI=1S/C25H32N4O/c1-20-9-6-7-11-22(20)14-16-29-15-8-10-21(18-29)17-28(2)19-24-26-25(27-30-24)23-12-4-3-5-13-23/h3-7,9,11-13,21H,8,10,14-19H2,1-2H3. The lowest BCUT2D eigenvalue weighted by Crippen LogP contribution is -2.40. The molecule has 158 valence electrons. The molecule has 5 heteroatoms. The summed E-state index contributed by atoms with van der Waals surface area (Å²) >= 11 is 0. The van der Waals surface area contributed by atoms with Gasteiger partial charge in [0.25, 0.3) is 0 Å². The van der Waals surface area contributed by atoms with E-state index >= 15 is 0 Å². The summed E-state index contributed by atoms with van der Waals surface area (Å²) in [5.41, 5.74) is 3.87. The van der Waals surface area contributed by atoms with Crippen LogP contribution >= 0.6 is 0 Å². The molecule has 1 fully saturated rings. The van der Waals surface area contributed by atoms with Gasteiger partial charge in [-0.15, -0.1) is 0 Å². The van der Waals surface area contributed by atoms with E-state index < -0.39 is 0 Å². The molecule has 0 N–H and O–H groups in total. The Balaban J connectivity index is 1.26. The number of hydrogen-bond acceptors (Lipinski definition) is 5. The summed E-state index contributed by atoms with van der Waals surface area (Å²) in [6.07, 6.45) is 3.72. The topological polar surface area (TPSA) is 45.4 Å². The molecule has 1 unspecified atom stereocenters. The van der Waals surface area contributed by atoms with Crippen LogP contribution in [-0.2, 0) is 13.0 Å². The number of likely N-dealkylation sites (tertiary alicyclic amines) is 1. The second-order valence-electron chi connectivity index (χ2n) is 8.56. The molecule has 0 spiro atoms. The average molecular weight is 405 g/mol. The molecule has 30 heavy (non-hydrogen) atoms. The predicted molar refractivity (Wildman–Crippen MR) is 120 cm³/mol. The molecular weight excluding hydrogens is 372 g/mol. The van der Waals surface area contributed by atoms with Gasteiger partial charge in [-0.3, -0.25) is 4.90 Å². The van der Waals surface area contributed by atoms with Gasteiger partial charge < -0.3 is 9.42 Å². The number of aryl methyl sites for hydroxylation is 1. The summed E-state index contributed by atoms with van der Waals surface area (Å²) in [7, 11) is 2.15. The number of rotatable bonds is 8. The quantitative estimate of drug-likeness (QED) is 0.556. The molecule has 0 bridgehead atoms. The maximum Gasteiger partial charge on any atom is 0.241 e. The van der Waals surface area contributed by atoms with Crippen LogP contribution in [0.15, 0.2) is 59.1 Å². The van der Waals surface area contributed by atoms with Crippen molar-refractivity contribution in [2.45, 2.75) is 32.7 Å². The normalized spacial score (nSPS) is 17.5. The first-order valence-electron chi connectivity index (χ1n) is 11.0. The van der Waals surface area contributed by atoms with Crippen LogP contribution in [0, 0.1) is 12.8 Å². The van der Waals surface area contributed by atoms with Gasteiger partial charge in [-0.2, -0.15) is 4.98 Å². The van der Waals surface area contributed by atoms with Gasteiger partial charge in [-0.1, -0.05) is 59.8 Å². The minimum Gasteiger partial charge on any atom is -0.338 e. The Hall–Kier alpha value is -2.50. The van der Waals surface area contributed by atoms with Gasteiger partial charge in [0.05, 0.1) is 6.54 Å². The first-order chi connectivity index (χ1) is 14.7. The summed E-state index contributed by atoms with van der Waals surface area (Å²) in [5.74, 6) is 2.04. The van der Waals surface area contributed by atoms with Gasteiger partial charge in [0.15, 0.2) is 0 Å². The van der Waals surface area contributed by atoms with E-state index in [1.54, 1.807) is 0 Å². The van der Waals surface area contributed by atoms with E-state index in [9.17, 15) is 0 Å². The first kappa shape index (κ1) is 20.8. The van der Waals surface area contributed by atoms with Crippen molar-refractivity contribution in [2.24, 2.45) is 5.92 Å². The summed E-state index contributed by atoms with van der Waals surface area (Å²) in [6.45, 7) is 7.51. The number of hydrogen-bond donors (Lipinski definition) is 0. The summed E-state index contributed by atoms with van der Waals surface area (Å²) < 4.78 is 5.49. The van der Waals surface area contributed by atoms with E-state index in [4.69, 9.17) is 4.52 Å². The highest BCUT2D eigenvalue weighted by atomic mass is 16.5. The van der Waals surface area contributed by atoms with E-state index in [1.165, 1.54) is 37.1 Å². The Morgan fingerprint density at radius 3 is 2.73 bits per heavy atom. The van der Waals surface area contributed by atoms with E-state index in [2.05, 4.69) is 58.2 Å². The number of aromatic nitrogens is 2. The van der Waals surface area contributed by atoms with Gasteiger partial charge in [0.2, 0.25) is 11.7 Å². The van der Waals surface area contributed by atoms with Crippen LogP contribution in [0.2, 0.25) is 0 Å². The molecule has 0 radical (unpaired) electrons. The number of piperidine rings is 1. The van der Waals surface area contributed by atoms with Crippen LogP contribution in [0.5, 0.6) is 0 Å². The fourth-order valence-corrected chi connectivity index (χ4v) is 4.43.